The summed E-state index contributed by atoms with van der Waals surface area (Å²) in [5, 5.41) is 57.9. The zero-order chi connectivity index (χ0) is 51.5. The molecule has 1 aliphatic rings. The molecular weight excluding hydrogens is 945 g/mol. The van der Waals surface area contributed by atoms with Gasteiger partial charge in [0.15, 0.2) is 0 Å². The van der Waals surface area contributed by atoms with Crippen LogP contribution >= 0.6 is 23.5 Å². The number of amides is 7. The van der Waals surface area contributed by atoms with Crippen molar-refractivity contribution in [1.29, 1.82) is 0 Å². The zero-order valence-electron chi connectivity index (χ0n) is 39.4. The average molecular weight is 1010 g/mol. The summed E-state index contributed by atoms with van der Waals surface area (Å²) in [5.41, 5.74) is 7.77. The lowest BCUT2D eigenvalue weighted by Gasteiger charge is -2.30. The number of hydrogen-bond acceptors (Lipinski definition) is 15. The lowest BCUT2D eigenvalue weighted by atomic mass is 9.96. The normalized spacial score (nSPS) is 21.6. The summed E-state index contributed by atoms with van der Waals surface area (Å²) < 4.78 is 0. The van der Waals surface area contributed by atoms with Crippen molar-refractivity contribution in [3.05, 3.63) is 95.6 Å². The summed E-state index contributed by atoms with van der Waals surface area (Å²) in [5.74, 6) is -6.84. The molecule has 0 spiro atoms. The smallest absolute Gasteiger partial charge is 0.245 e. The number of aliphatic hydroxyl groups is 2. The third-order valence-corrected chi connectivity index (χ3v) is 13.3. The van der Waals surface area contributed by atoms with Crippen LogP contribution in [-0.2, 0) is 57.6 Å². The molecule has 20 nitrogen and oxygen atoms in total. The minimum absolute atomic E-state index is 0.00112. The van der Waals surface area contributed by atoms with E-state index in [4.69, 9.17) is 5.73 Å². The molecule has 3 aromatic rings. The van der Waals surface area contributed by atoms with Gasteiger partial charge in [0.25, 0.3) is 0 Å². The molecule has 10 atom stereocenters. The van der Waals surface area contributed by atoms with Crippen molar-refractivity contribution in [1.82, 2.24) is 37.2 Å². The predicted molar refractivity (Wildman–Crippen MR) is 264 cm³/mol. The van der Waals surface area contributed by atoms with Crippen molar-refractivity contribution in [2.75, 3.05) is 24.4 Å². The topological polar surface area (TPSA) is 328 Å². The van der Waals surface area contributed by atoms with Crippen molar-refractivity contribution in [3.63, 3.8) is 0 Å². The van der Waals surface area contributed by atoms with E-state index in [1.165, 1.54) is 48.2 Å². The van der Waals surface area contributed by atoms with E-state index < -0.39 is 119 Å². The zero-order valence-corrected chi connectivity index (χ0v) is 41.0. The number of aromatic hydroxyl groups is 2. The van der Waals surface area contributed by atoms with Crippen LogP contribution in [0.25, 0.3) is 0 Å². The first-order chi connectivity index (χ1) is 33.3. The predicted octanol–water partition coefficient (Wildman–Crippen LogP) is -0.708. The van der Waals surface area contributed by atoms with Gasteiger partial charge in [-0.05, 0) is 78.6 Å². The Morgan fingerprint density at radius 1 is 0.729 bits per heavy atom. The van der Waals surface area contributed by atoms with Gasteiger partial charge in [-0.15, -0.1) is 0 Å². The van der Waals surface area contributed by atoms with Gasteiger partial charge in [0.1, 0.15) is 47.8 Å². The second-order valence-electron chi connectivity index (χ2n) is 17.0. The summed E-state index contributed by atoms with van der Waals surface area (Å²) >= 11 is 2.01. The summed E-state index contributed by atoms with van der Waals surface area (Å²) in [6.07, 6.45) is 0.544. The third-order valence-electron chi connectivity index (χ3n) is 11.6. The van der Waals surface area contributed by atoms with Crippen LogP contribution in [-0.4, -0.2) is 146 Å². The van der Waals surface area contributed by atoms with E-state index >= 15 is 0 Å². The molecule has 0 radical (unpaired) electrons. The molecule has 7 amide bonds. The van der Waals surface area contributed by atoms with Crippen LogP contribution in [0.15, 0.2) is 78.9 Å². The molecule has 0 saturated carbocycles. The number of aliphatic hydroxyl groups excluding tert-OH is 2. The van der Waals surface area contributed by atoms with Crippen LogP contribution in [0.2, 0.25) is 0 Å². The maximum atomic E-state index is 14.5. The van der Waals surface area contributed by atoms with E-state index in [0.717, 1.165) is 6.92 Å². The minimum Gasteiger partial charge on any atom is -0.508 e. The molecule has 0 bridgehead atoms. The monoisotopic (exact) mass is 1010 g/mol. The lowest BCUT2D eigenvalue weighted by molar-refractivity contribution is -0.137. The molecule has 1 saturated heterocycles. The van der Waals surface area contributed by atoms with Crippen molar-refractivity contribution in [2.24, 2.45) is 11.7 Å². The Morgan fingerprint density at radius 2 is 1.27 bits per heavy atom. The minimum atomic E-state index is -1.82. The van der Waals surface area contributed by atoms with Gasteiger partial charge in [0.2, 0.25) is 46.5 Å². The lowest BCUT2D eigenvalue weighted by Crippen LogP contribution is -2.63. The fourth-order valence-electron chi connectivity index (χ4n) is 7.20. The molecule has 2 unspecified atom stereocenters. The Balaban J connectivity index is 1.69. The molecule has 0 aliphatic carbocycles. The van der Waals surface area contributed by atoms with Crippen LogP contribution in [0.5, 0.6) is 11.5 Å². The van der Waals surface area contributed by atoms with Gasteiger partial charge in [-0.2, -0.15) is 11.8 Å². The maximum absolute atomic E-state index is 14.5. The average Bonchev–Trinajstić information content (AvgIpc) is 3.34. The van der Waals surface area contributed by atoms with Gasteiger partial charge in [-0.25, -0.2) is 0 Å². The SMILES string of the molecule is CC[C@H](C)[C@@H]1NC(=O)[C@H](Cc2ccccc2)NC(=O)C(Cc2ccc(O)cc2)NC(=O)[C@@H](NC(=O)[C@@H](NC(=O)[C@H](CO)NC(=O)[C@@H](N)Cc2ccc(O)cc2)[C@@H](C)O)CSC(=O)C(CCSC)NC1=O. The highest BCUT2D eigenvalue weighted by molar-refractivity contribution is 8.13. The summed E-state index contributed by atoms with van der Waals surface area (Å²) in [4.78, 5) is 112. The van der Waals surface area contributed by atoms with Crippen molar-refractivity contribution in [2.45, 2.75) is 107 Å². The first-order valence-electron chi connectivity index (χ1n) is 22.8. The number of phenolic OH excluding ortho intramolecular Hbond substituents is 2. The van der Waals surface area contributed by atoms with Gasteiger partial charge in [0.05, 0.1) is 24.8 Å². The van der Waals surface area contributed by atoms with Crippen molar-refractivity contribution >= 4 is 70.0 Å². The molecule has 13 N–H and O–H groups in total. The summed E-state index contributed by atoms with van der Waals surface area (Å²) in [7, 11) is 0. The maximum Gasteiger partial charge on any atom is 0.245 e. The van der Waals surface area contributed by atoms with E-state index in [0.29, 0.717) is 40.6 Å². The molecule has 1 aliphatic heterocycles. The molecule has 1 fully saturated rings. The van der Waals surface area contributed by atoms with E-state index in [-0.39, 0.29) is 37.2 Å². The molecule has 1 heterocycles. The first-order valence-corrected chi connectivity index (χ1v) is 25.1. The second kappa shape index (κ2) is 27.9. The van der Waals surface area contributed by atoms with Crippen LogP contribution in [0.4, 0.5) is 0 Å². The number of carbonyl (C=O) groups excluding carboxylic acids is 8. The standard InChI is InChI=1S/C48H64N8O12S2/c1-5-26(2)39-46(66)50-34(19-20-69-4)48(68)70-25-38(54-47(67)40(27(3)58)56-44(64)37(24-57)53-41(61)33(49)21-29-11-15-31(59)16-12-29)45(65)52-35(23-30-13-17-32(60)18-14-30)42(62)51-36(43(63)55-39)22-28-9-7-6-8-10-28/h6-18,26-27,33-40,57-60H,5,19-25,49H2,1-4H3,(H,50,66)(H,51,62)(H,52,65)(H,53,61)(H,54,67)(H,55,63)(H,56,64)/t26-,27+,33-,34?,35?,36-,37-,38-,39-,40-/m0/s1. The quantitative estimate of drug-likeness (QED) is 0.0706. The molecular formula is C48H64N8O12S2. The number of carbonyl (C=O) groups is 8. The highest BCUT2D eigenvalue weighted by atomic mass is 32.2. The Hall–Kier alpha value is -6.20. The van der Waals surface area contributed by atoms with Gasteiger partial charge in [-0.3, -0.25) is 38.4 Å². The van der Waals surface area contributed by atoms with Crippen molar-refractivity contribution < 1.29 is 58.8 Å². The highest BCUT2D eigenvalue weighted by Gasteiger charge is 2.38. The molecule has 4 rings (SSSR count). The van der Waals surface area contributed by atoms with Gasteiger partial charge in [-0.1, -0.05) is 86.6 Å². The van der Waals surface area contributed by atoms with Crippen LogP contribution in [0.3, 0.4) is 0 Å². The van der Waals surface area contributed by atoms with E-state index in [1.807, 2.05) is 13.2 Å². The number of benzene rings is 3. The number of rotatable bonds is 19. The van der Waals surface area contributed by atoms with Crippen molar-refractivity contribution in [3.8, 4) is 11.5 Å². The fraction of sp³-hybridized carbons (Fsp3) is 0.458. The molecule has 70 heavy (non-hydrogen) atoms. The number of hydrogen-bond donors (Lipinski definition) is 12. The Kier molecular flexibility index (Phi) is 22.4. The molecule has 0 aromatic heterocycles. The number of nitrogens with two attached hydrogens (primary N) is 1. The second-order valence-corrected chi connectivity index (χ2v) is 19.0. The highest BCUT2D eigenvalue weighted by Crippen LogP contribution is 2.18. The first kappa shape index (κ1) is 56.4. The third kappa shape index (κ3) is 17.3. The number of thioether (sulfide) groups is 2. The summed E-state index contributed by atoms with van der Waals surface area (Å²) in [6, 6.07) is 9.10. The molecule has 380 valence electrons. The molecule has 22 heteroatoms. The Labute approximate surface area is 414 Å². The Morgan fingerprint density at radius 3 is 1.83 bits per heavy atom. The van der Waals surface area contributed by atoms with Gasteiger partial charge in [0, 0.05) is 18.6 Å². The summed E-state index contributed by atoms with van der Waals surface area (Å²) in [6.45, 7) is 3.80. The van der Waals surface area contributed by atoms with E-state index in [2.05, 4.69) is 37.2 Å². The van der Waals surface area contributed by atoms with Crippen LogP contribution < -0.4 is 43.0 Å². The van der Waals surface area contributed by atoms with Gasteiger partial charge >= 0.3 is 0 Å². The Bertz CT molecular complexity index is 2260. The molecule has 3 aromatic carbocycles. The van der Waals surface area contributed by atoms with Crippen LogP contribution in [0.1, 0.15) is 50.3 Å². The van der Waals surface area contributed by atoms with E-state index in [1.54, 1.807) is 49.4 Å². The largest absolute Gasteiger partial charge is 0.508 e. The van der Waals surface area contributed by atoms with Crippen LogP contribution in [0, 0.1) is 5.92 Å². The van der Waals surface area contributed by atoms with Gasteiger partial charge < -0.3 is 63.4 Å². The fourth-order valence-corrected chi connectivity index (χ4v) is 8.62. The number of phenols is 2. The number of nitrogens with one attached hydrogen (secondary N) is 7. The van der Waals surface area contributed by atoms with E-state index in [9.17, 15) is 58.8 Å².